The molecule has 0 spiro atoms. The van der Waals surface area contributed by atoms with Crippen molar-refractivity contribution in [2.45, 2.75) is 174 Å². The highest BCUT2D eigenvalue weighted by atomic mass is 31.2. The third kappa shape index (κ3) is 39.4. The van der Waals surface area contributed by atoms with Crippen LogP contribution >= 0.6 is 7.82 Å². The zero-order chi connectivity index (χ0) is 38.1. The molecular weight excluding hydrogens is 673 g/mol. The Bertz CT molecular complexity index is 979. The number of phosphoric acid groups is 1. The van der Waals surface area contributed by atoms with Gasteiger partial charge in [-0.25, -0.2) is 4.57 Å². The number of allylic oxidation sites excluding steroid dienone is 10. The van der Waals surface area contributed by atoms with E-state index in [9.17, 15) is 14.3 Å². The second kappa shape index (κ2) is 40.4. The van der Waals surface area contributed by atoms with Gasteiger partial charge in [-0.3, -0.25) is 13.8 Å². The number of rotatable bonds is 39. The lowest BCUT2D eigenvalue weighted by Gasteiger charge is -2.20. The molecule has 0 aromatic rings. The maximum Gasteiger partial charge on any atom is 0.472 e. The molecule has 0 aromatic carbocycles. The predicted octanol–water partition coefficient (Wildman–Crippen LogP) is 12.2. The zero-order valence-corrected chi connectivity index (χ0v) is 34.2. The smallest absolute Gasteiger partial charge is 0.457 e. The summed E-state index contributed by atoms with van der Waals surface area (Å²) in [4.78, 5) is 22.4. The Balaban J connectivity index is 4.09. The number of ether oxygens (including phenoxy) is 2. The summed E-state index contributed by atoms with van der Waals surface area (Å²) < 4.78 is 33.4. The molecule has 0 aliphatic heterocycles. The average Bonchev–Trinajstić information content (AvgIpc) is 3.13. The van der Waals surface area contributed by atoms with Crippen LogP contribution in [0.15, 0.2) is 60.8 Å². The standard InChI is InChI=1S/C43H78NO7P/c1-3-5-7-9-11-13-15-17-19-20-21-23-25-27-29-31-33-35-38-48-40-42(41-50-52(46,47)49-39-37-44)51-43(45)36-34-32-30-28-26-24-22-18-16-14-12-10-8-6-4-2/h5,7,11-14,17-19,22,42H,3-4,6,8-10,15-16,20-21,23-41,44H2,1-2H3,(H,46,47)/b7-5-,13-11-,14-12-,19-17-,22-18-. The first-order chi connectivity index (χ1) is 25.4. The van der Waals surface area contributed by atoms with E-state index in [1.807, 2.05) is 0 Å². The van der Waals surface area contributed by atoms with Gasteiger partial charge in [0.15, 0.2) is 0 Å². The number of carbonyl (C=O) groups excluding carboxylic acids is 1. The third-order valence-electron chi connectivity index (χ3n) is 8.42. The van der Waals surface area contributed by atoms with Crippen LogP contribution in [0.1, 0.15) is 168 Å². The second-order valence-corrected chi connectivity index (χ2v) is 14.9. The summed E-state index contributed by atoms with van der Waals surface area (Å²) in [5.74, 6) is -0.349. The summed E-state index contributed by atoms with van der Waals surface area (Å²) in [5.41, 5.74) is 5.36. The van der Waals surface area contributed by atoms with Crippen molar-refractivity contribution in [3.05, 3.63) is 60.8 Å². The van der Waals surface area contributed by atoms with E-state index in [4.69, 9.17) is 24.3 Å². The molecule has 0 aromatic heterocycles. The molecule has 0 heterocycles. The molecule has 8 nitrogen and oxygen atoms in total. The Labute approximate surface area is 319 Å². The highest BCUT2D eigenvalue weighted by Gasteiger charge is 2.25. The first-order valence-electron chi connectivity index (χ1n) is 20.8. The van der Waals surface area contributed by atoms with Crippen molar-refractivity contribution < 1.29 is 32.8 Å². The van der Waals surface area contributed by atoms with Crippen LogP contribution in [-0.2, 0) is 27.9 Å². The fraction of sp³-hybridized carbons (Fsp3) is 0.744. The van der Waals surface area contributed by atoms with E-state index in [-0.39, 0.29) is 32.3 Å². The number of nitrogens with two attached hydrogens (primary N) is 1. The van der Waals surface area contributed by atoms with E-state index in [1.165, 1.54) is 64.2 Å². The molecule has 52 heavy (non-hydrogen) atoms. The fourth-order valence-electron chi connectivity index (χ4n) is 5.39. The average molecular weight is 752 g/mol. The van der Waals surface area contributed by atoms with Crippen molar-refractivity contribution in [1.82, 2.24) is 0 Å². The van der Waals surface area contributed by atoms with E-state index in [2.05, 4.69) is 74.6 Å². The van der Waals surface area contributed by atoms with Gasteiger partial charge in [0.2, 0.25) is 0 Å². The van der Waals surface area contributed by atoms with Crippen LogP contribution in [0.5, 0.6) is 0 Å². The van der Waals surface area contributed by atoms with E-state index < -0.39 is 13.9 Å². The number of unbranched alkanes of at least 4 members (excludes halogenated alkanes) is 16. The van der Waals surface area contributed by atoms with Crippen molar-refractivity contribution in [3.8, 4) is 0 Å². The quantitative estimate of drug-likeness (QED) is 0.0276. The second-order valence-electron chi connectivity index (χ2n) is 13.5. The lowest BCUT2D eigenvalue weighted by atomic mass is 10.1. The Kier molecular flexibility index (Phi) is 39.0. The summed E-state index contributed by atoms with van der Waals surface area (Å²) in [5, 5.41) is 0. The monoisotopic (exact) mass is 752 g/mol. The zero-order valence-electron chi connectivity index (χ0n) is 33.3. The van der Waals surface area contributed by atoms with Gasteiger partial charge < -0.3 is 20.1 Å². The fourth-order valence-corrected chi connectivity index (χ4v) is 6.16. The van der Waals surface area contributed by atoms with Crippen LogP contribution in [0, 0.1) is 0 Å². The van der Waals surface area contributed by atoms with Gasteiger partial charge in [-0.15, -0.1) is 0 Å². The number of hydrogen-bond donors (Lipinski definition) is 2. The molecule has 3 N–H and O–H groups in total. The van der Waals surface area contributed by atoms with Crippen molar-refractivity contribution in [3.63, 3.8) is 0 Å². The summed E-state index contributed by atoms with van der Waals surface area (Å²) >= 11 is 0. The lowest BCUT2D eigenvalue weighted by molar-refractivity contribution is -0.154. The number of phosphoric ester groups is 1. The van der Waals surface area contributed by atoms with Gasteiger partial charge in [-0.1, -0.05) is 145 Å². The molecule has 0 aliphatic rings. The van der Waals surface area contributed by atoms with Crippen molar-refractivity contribution in [2.75, 3.05) is 33.0 Å². The lowest BCUT2D eigenvalue weighted by Crippen LogP contribution is -2.28. The SMILES string of the molecule is CC/C=C\C/C=C\C/C=C\CCCCCCCCCCOCC(COP(=O)(O)OCCN)OC(=O)CCCCCCC/C=C\C/C=C\CCCCC. The molecule has 2 unspecified atom stereocenters. The summed E-state index contributed by atoms with van der Waals surface area (Å²) in [7, 11) is -4.28. The first-order valence-corrected chi connectivity index (χ1v) is 22.3. The van der Waals surface area contributed by atoms with Gasteiger partial charge in [-0.2, -0.15) is 0 Å². The summed E-state index contributed by atoms with van der Waals surface area (Å²) in [6, 6.07) is 0. The van der Waals surface area contributed by atoms with E-state index in [0.29, 0.717) is 13.0 Å². The minimum Gasteiger partial charge on any atom is -0.457 e. The molecule has 0 aliphatic carbocycles. The molecule has 0 fully saturated rings. The molecule has 9 heteroatoms. The van der Waals surface area contributed by atoms with E-state index >= 15 is 0 Å². The van der Waals surface area contributed by atoms with Crippen LogP contribution < -0.4 is 5.73 Å². The number of esters is 1. The predicted molar refractivity (Wildman–Crippen MR) is 219 cm³/mol. The van der Waals surface area contributed by atoms with Crippen LogP contribution in [0.25, 0.3) is 0 Å². The van der Waals surface area contributed by atoms with Gasteiger partial charge in [0.05, 0.1) is 19.8 Å². The third-order valence-corrected chi connectivity index (χ3v) is 9.40. The van der Waals surface area contributed by atoms with Crippen molar-refractivity contribution in [2.24, 2.45) is 5.73 Å². The highest BCUT2D eigenvalue weighted by Crippen LogP contribution is 2.43. The molecule has 0 radical (unpaired) electrons. The Morgan fingerprint density at radius 2 is 1.08 bits per heavy atom. The molecular formula is C43H78NO7P. The van der Waals surface area contributed by atoms with E-state index in [0.717, 1.165) is 83.5 Å². The Hall–Kier alpha value is -1.80. The molecule has 0 saturated carbocycles. The van der Waals surface area contributed by atoms with Crippen molar-refractivity contribution >= 4 is 13.8 Å². The molecule has 302 valence electrons. The summed E-state index contributed by atoms with van der Waals surface area (Å²) in [6.07, 6.45) is 48.0. The molecule has 2 atom stereocenters. The maximum atomic E-state index is 12.6. The van der Waals surface area contributed by atoms with Gasteiger partial charge in [0, 0.05) is 19.6 Å². The van der Waals surface area contributed by atoms with Crippen molar-refractivity contribution in [1.29, 1.82) is 0 Å². The largest absolute Gasteiger partial charge is 0.472 e. The Morgan fingerprint density at radius 1 is 0.596 bits per heavy atom. The highest BCUT2D eigenvalue weighted by molar-refractivity contribution is 7.47. The maximum absolute atomic E-state index is 12.6. The molecule has 0 saturated heterocycles. The van der Waals surface area contributed by atoms with Crippen LogP contribution in [0.2, 0.25) is 0 Å². The molecule has 0 rings (SSSR count). The van der Waals surface area contributed by atoms with Crippen LogP contribution in [0.3, 0.4) is 0 Å². The van der Waals surface area contributed by atoms with Gasteiger partial charge in [0.1, 0.15) is 6.10 Å². The van der Waals surface area contributed by atoms with Gasteiger partial charge in [0.25, 0.3) is 0 Å². The van der Waals surface area contributed by atoms with Gasteiger partial charge in [-0.05, 0) is 77.0 Å². The molecule has 0 amide bonds. The number of carbonyl (C=O) groups is 1. The minimum absolute atomic E-state index is 0.0940. The van der Waals surface area contributed by atoms with Gasteiger partial charge >= 0.3 is 13.8 Å². The molecule has 0 bridgehead atoms. The minimum atomic E-state index is -4.28. The first kappa shape index (κ1) is 50.2. The van der Waals surface area contributed by atoms with Crippen LogP contribution in [-0.4, -0.2) is 49.9 Å². The summed E-state index contributed by atoms with van der Waals surface area (Å²) in [6.45, 7) is 4.74. The Morgan fingerprint density at radius 3 is 1.62 bits per heavy atom. The number of hydrogen-bond acceptors (Lipinski definition) is 7. The van der Waals surface area contributed by atoms with E-state index in [1.54, 1.807) is 0 Å². The topological polar surface area (TPSA) is 117 Å². The normalized spacial score (nSPS) is 14.2. The van der Waals surface area contributed by atoms with Crippen LogP contribution in [0.4, 0.5) is 0 Å².